The van der Waals surface area contributed by atoms with Gasteiger partial charge < -0.3 is 30.4 Å². The molecule has 26 heavy (non-hydrogen) atoms. The van der Waals surface area contributed by atoms with Gasteiger partial charge in [0.15, 0.2) is 0 Å². The Morgan fingerprint density at radius 1 is 0.654 bits per heavy atom. The molecule has 8 heteroatoms. The maximum atomic E-state index is 11.3. The SMILES string of the molecule is O=C([O-])C(=O)Nc1ccccc1CCc1ccccc1NC(=O)C(=O)[O-]. The van der Waals surface area contributed by atoms with Crippen molar-refractivity contribution in [2.75, 3.05) is 10.6 Å². The molecule has 0 bridgehead atoms. The van der Waals surface area contributed by atoms with Crippen LogP contribution in [0, 0.1) is 0 Å². The molecule has 2 rings (SSSR count). The third kappa shape index (κ3) is 4.91. The van der Waals surface area contributed by atoms with Crippen molar-refractivity contribution in [1.29, 1.82) is 0 Å². The zero-order chi connectivity index (χ0) is 19.1. The second kappa shape index (κ2) is 8.43. The average Bonchev–Trinajstić information content (AvgIpc) is 2.61. The third-order valence-electron chi connectivity index (χ3n) is 3.57. The Bertz CT molecular complexity index is 791. The van der Waals surface area contributed by atoms with Crippen LogP contribution in [0.2, 0.25) is 0 Å². The number of amides is 2. The summed E-state index contributed by atoms with van der Waals surface area (Å²) in [5, 5.41) is 25.7. The number of hydrogen-bond donors (Lipinski definition) is 2. The first-order chi connectivity index (χ1) is 12.4. The van der Waals surface area contributed by atoms with Crippen LogP contribution in [-0.2, 0) is 32.0 Å². The summed E-state index contributed by atoms with van der Waals surface area (Å²) in [5.74, 6) is -6.18. The molecule has 0 spiro atoms. The molecule has 2 N–H and O–H groups in total. The lowest BCUT2D eigenvalue weighted by Gasteiger charge is -2.14. The minimum Gasteiger partial charge on any atom is -0.540 e. The fourth-order valence-corrected chi connectivity index (χ4v) is 2.34. The number of aryl methyl sites for hydroxylation is 2. The lowest BCUT2D eigenvalue weighted by atomic mass is 10.0. The molecule has 0 aliphatic carbocycles. The minimum absolute atomic E-state index is 0.331. The summed E-state index contributed by atoms with van der Waals surface area (Å²) in [6, 6.07) is 13.3. The highest BCUT2D eigenvalue weighted by molar-refractivity contribution is 6.36. The lowest BCUT2D eigenvalue weighted by Crippen LogP contribution is -2.36. The second-order valence-corrected chi connectivity index (χ2v) is 5.30. The van der Waals surface area contributed by atoms with Crippen molar-refractivity contribution in [3.63, 3.8) is 0 Å². The fraction of sp³-hybridized carbons (Fsp3) is 0.111. The summed E-state index contributed by atoms with van der Waals surface area (Å²) >= 11 is 0. The largest absolute Gasteiger partial charge is 0.540 e. The molecule has 0 saturated carbocycles. The monoisotopic (exact) mass is 354 g/mol. The zero-order valence-corrected chi connectivity index (χ0v) is 13.5. The summed E-state index contributed by atoms with van der Waals surface area (Å²) in [6.45, 7) is 0. The molecule has 0 heterocycles. The van der Waals surface area contributed by atoms with Crippen LogP contribution >= 0.6 is 0 Å². The van der Waals surface area contributed by atoms with E-state index in [0.29, 0.717) is 35.3 Å². The predicted molar refractivity (Wildman–Crippen MR) is 87.6 cm³/mol. The highest BCUT2D eigenvalue weighted by atomic mass is 16.4. The van der Waals surface area contributed by atoms with Gasteiger partial charge in [0.05, 0.1) is 0 Å². The van der Waals surface area contributed by atoms with E-state index >= 15 is 0 Å². The first kappa shape index (κ1) is 18.7. The van der Waals surface area contributed by atoms with E-state index in [1.54, 1.807) is 48.5 Å². The van der Waals surface area contributed by atoms with Crippen LogP contribution in [0.3, 0.4) is 0 Å². The quantitative estimate of drug-likeness (QED) is 0.650. The fourth-order valence-electron chi connectivity index (χ4n) is 2.34. The molecule has 2 aromatic carbocycles. The van der Waals surface area contributed by atoms with E-state index in [-0.39, 0.29) is 0 Å². The molecule has 0 radical (unpaired) electrons. The summed E-state index contributed by atoms with van der Waals surface area (Å²) < 4.78 is 0. The highest BCUT2D eigenvalue weighted by Gasteiger charge is 2.10. The van der Waals surface area contributed by atoms with Crippen molar-refractivity contribution in [3.05, 3.63) is 59.7 Å². The Morgan fingerprint density at radius 3 is 1.35 bits per heavy atom. The third-order valence-corrected chi connectivity index (χ3v) is 3.57. The van der Waals surface area contributed by atoms with Crippen molar-refractivity contribution < 1.29 is 29.4 Å². The van der Waals surface area contributed by atoms with E-state index in [2.05, 4.69) is 10.6 Å². The molecule has 0 unspecified atom stereocenters. The van der Waals surface area contributed by atoms with Gasteiger partial charge >= 0.3 is 0 Å². The number of nitrogens with one attached hydrogen (secondary N) is 2. The van der Waals surface area contributed by atoms with Crippen molar-refractivity contribution in [2.45, 2.75) is 12.8 Å². The molecule has 0 aliphatic rings. The zero-order valence-electron chi connectivity index (χ0n) is 13.5. The van der Waals surface area contributed by atoms with Gasteiger partial charge in [-0.3, -0.25) is 9.59 Å². The standard InChI is InChI=1S/C18H16N2O6/c21-15(17(23)24)19-13-7-3-1-5-11(13)9-10-12-6-2-4-8-14(12)20-16(22)18(25)26/h1-8H,9-10H2,(H,19,21)(H,20,22)(H,23,24)(H,25,26)/p-2. The summed E-state index contributed by atoms with van der Waals surface area (Å²) in [4.78, 5) is 43.8. The van der Waals surface area contributed by atoms with Gasteiger partial charge in [-0.05, 0) is 36.1 Å². The molecule has 8 nitrogen and oxygen atoms in total. The maximum absolute atomic E-state index is 11.3. The van der Waals surface area contributed by atoms with Crippen molar-refractivity contribution in [2.24, 2.45) is 0 Å². The number of rotatable bonds is 5. The Balaban J connectivity index is 2.15. The number of carboxylic acid groups (broad SMARTS) is 2. The lowest BCUT2D eigenvalue weighted by molar-refractivity contribution is -0.300. The van der Waals surface area contributed by atoms with Crippen molar-refractivity contribution >= 4 is 35.1 Å². The Hall–Kier alpha value is -3.68. The number of aliphatic carboxylic acids is 2. The molecule has 0 saturated heterocycles. The summed E-state index contributed by atoms with van der Waals surface area (Å²) in [7, 11) is 0. The van der Waals surface area contributed by atoms with Gasteiger partial charge in [-0.1, -0.05) is 36.4 Å². The highest BCUT2D eigenvalue weighted by Crippen LogP contribution is 2.21. The van der Waals surface area contributed by atoms with Gasteiger partial charge in [0.25, 0.3) is 11.8 Å². The minimum atomic E-state index is -1.84. The molecule has 0 fully saturated rings. The van der Waals surface area contributed by atoms with E-state index in [9.17, 15) is 29.4 Å². The number of carboxylic acids is 2. The summed E-state index contributed by atoms with van der Waals surface area (Å²) in [6.07, 6.45) is 0.809. The smallest absolute Gasteiger partial charge is 0.271 e. The number of anilines is 2. The number of para-hydroxylation sites is 2. The van der Waals surface area contributed by atoms with Crippen LogP contribution in [-0.4, -0.2) is 23.8 Å². The molecule has 0 atom stereocenters. The number of hydrogen-bond acceptors (Lipinski definition) is 6. The van der Waals surface area contributed by atoms with E-state index in [4.69, 9.17) is 0 Å². The van der Waals surface area contributed by atoms with Crippen LogP contribution in [0.1, 0.15) is 11.1 Å². The Morgan fingerprint density at radius 2 is 1.00 bits per heavy atom. The first-order valence-corrected chi connectivity index (χ1v) is 7.59. The van der Waals surface area contributed by atoms with E-state index in [1.165, 1.54) is 0 Å². The van der Waals surface area contributed by atoms with Gasteiger partial charge in [-0.2, -0.15) is 0 Å². The first-order valence-electron chi connectivity index (χ1n) is 7.59. The molecular formula is C18H14N2O6-2. The van der Waals surface area contributed by atoms with Gasteiger partial charge in [0.2, 0.25) is 0 Å². The van der Waals surface area contributed by atoms with E-state index in [1.807, 2.05) is 0 Å². The normalized spacial score (nSPS) is 10.0. The Labute approximate surface area is 148 Å². The number of benzene rings is 2. The van der Waals surface area contributed by atoms with Gasteiger partial charge in [-0.25, -0.2) is 0 Å². The van der Waals surface area contributed by atoms with Gasteiger partial charge in [-0.15, -0.1) is 0 Å². The van der Waals surface area contributed by atoms with Crippen LogP contribution in [0.5, 0.6) is 0 Å². The summed E-state index contributed by atoms with van der Waals surface area (Å²) in [5.41, 5.74) is 2.00. The van der Waals surface area contributed by atoms with E-state index in [0.717, 1.165) is 0 Å². The molecular weight excluding hydrogens is 340 g/mol. The second-order valence-electron chi connectivity index (χ2n) is 5.30. The Kier molecular flexibility index (Phi) is 6.05. The molecule has 2 amide bonds. The number of carbonyl (C=O) groups excluding carboxylic acids is 4. The maximum Gasteiger partial charge on any atom is 0.271 e. The van der Waals surface area contributed by atoms with Crippen molar-refractivity contribution in [1.82, 2.24) is 0 Å². The van der Waals surface area contributed by atoms with Crippen LogP contribution in [0.4, 0.5) is 11.4 Å². The van der Waals surface area contributed by atoms with Gasteiger partial charge in [0.1, 0.15) is 11.9 Å². The average molecular weight is 354 g/mol. The van der Waals surface area contributed by atoms with Crippen LogP contribution < -0.4 is 20.8 Å². The molecule has 2 aromatic rings. The molecule has 0 aliphatic heterocycles. The van der Waals surface area contributed by atoms with Crippen molar-refractivity contribution in [3.8, 4) is 0 Å². The molecule has 134 valence electrons. The molecule has 0 aromatic heterocycles. The van der Waals surface area contributed by atoms with Gasteiger partial charge in [0, 0.05) is 11.4 Å². The van der Waals surface area contributed by atoms with Crippen LogP contribution in [0.25, 0.3) is 0 Å². The topological polar surface area (TPSA) is 138 Å². The predicted octanol–water partition coefficient (Wildman–Crippen LogP) is -1.15. The van der Waals surface area contributed by atoms with E-state index < -0.39 is 23.8 Å². The number of carbonyl (C=O) groups is 4. The van der Waals surface area contributed by atoms with Crippen LogP contribution in [0.15, 0.2) is 48.5 Å².